The fourth-order valence-electron chi connectivity index (χ4n) is 2.57. The summed E-state index contributed by atoms with van der Waals surface area (Å²) in [5, 5.41) is 0. The molecular weight excluding hydrogens is 256 g/mol. The minimum atomic E-state index is -1.28. The van der Waals surface area contributed by atoms with Crippen LogP contribution in [0.4, 0.5) is 0 Å². The van der Waals surface area contributed by atoms with Crippen LogP contribution in [-0.2, 0) is 24.7 Å². The first-order chi connectivity index (χ1) is 9.51. The van der Waals surface area contributed by atoms with Crippen LogP contribution in [0.3, 0.4) is 0 Å². The van der Waals surface area contributed by atoms with E-state index in [1.807, 2.05) is 32.0 Å². The highest BCUT2D eigenvalue weighted by atomic mass is 16.6. The molecule has 106 valence electrons. The summed E-state index contributed by atoms with van der Waals surface area (Å²) in [6.07, 6.45) is 0.338. The van der Waals surface area contributed by atoms with E-state index >= 15 is 0 Å². The zero-order valence-corrected chi connectivity index (χ0v) is 11.9. The summed E-state index contributed by atoms with van der Waals surface area (Å²) in [4.78, 5) is 24.2. The van der Waals surface area contributed by atoms with Crippen molar-refractivity contribution >= 4 is 11.8 Å². The highest BCUT2D eigenvalue weighted by Crippen LogP contribution is 2.42. The molecular formula is C16H18O4. The normalized spacial score (nSPS) is 22.1. The first-order valence-electron chi connectivity index (χ1n) is 6.63. The molecule has 0 saturated heterocycles. The van der Waals surface area contributed by atoms with E-state index in [-0.39, 0.29) is 5.78 Å². The van der Waals surface area contributed by atoms with E-state index in [1.165, 1.54) is 6.92 Å². The fraction of sp³-hybridized carbons (Fsp3) is 0.375. The van der Waals surface area contributed by atoms with Crippen molar-refractivity contribution in [2.75, 3.05) is 6.61 Å². The van der Waals surface area contributed by atoms with E-state index in [1.54, 1.807) is 12.1 Å². The first kappa shape index (κ1) is 14.3. The average Bonchev–Trinajstić information content (AvgIpc) is 2.65. The van der Waals surface area contributed by atoms with Crippen molar-refractivity contribution in [3.05, 3.63) is 47.2 Å². The van der Waals surface area contributed by atoms with Gasteiger partial charge >= 0.3 is 5.97 Å². The van der Waals surface area contributed by atoms with Crippen LogP contribution in [0.2, 0.25) is 0 Å². The number of Topliss-reactive ketones (excluding diaryl/α,β-unsaturated/α-hetero) is 1. The SMILES string of the molecule is CCOC1=C(C)CC(OC(C)=O)(c2ccccc2)C1=O. The van der Waals surface area contributed by atoms with Crippen molar-refractivity contribution in [3.63, 3.8) is 0 Å². The van der Waals surface area contributed by atoms with Gasteiger partial charge in [0.25, 0.3) is 0 Å². The molecule has 0 aliphatic heterocycles. The van der Waals surface area contributed by atoms with E-state index in [0.29, 0.717) is 24.4 Å². The minimum Gasteiger partial charge on any atom is -0.490 e. The third-order valence-electron chi connectivity index (χ3n) is 3.32. The lowest BCUT2D eigenvalue weighted by molar-refractivity contribution is -0.165. The van der Waals surface area contributed by atoms with E-state index in [2.05, 4.69) is 0 Å². The van der Waals surface area contributed by atoms with Crippen LogP contribution in [0.25, 0.3) is 0 Å². The third-order valence-corrected chi connectivity index (χ3v) is 3.32. The van der Waals surface area contributed by atoms with Gasteiger partial charge in [-0.3, -0.25) is 9.59 Å². The van der Waals surface area contributed by atoms with Gasteiger partial charge in [-0.15, -0.1) is 0 Å². The highest BCUT2D eigenvalue weighted by Gasteiger charge is 2.51. The van der Waals surface area contributed by atoms with Gasteiger partial charge in [-0.05, 0) is 19.4 Å². The van der Waals surface area contributed by atoms with E-state index in [4.69, 9.17) is 9.47 Å². The van der Waals surface area contributed by atoms with Crippen LogP contribution in [-0.4, -0.2) is 18.4 Å². The van der Waals surface area contributed by atoms with E-state index in [9.17, 15) is 9.59 Å². The molecule has 0 amide bonds. The summed E-state index contributed by atoms with van der Waals surface area (Å²) in [5.41, 5.74) is 0.206. The Bertz CT molecular complexity index is 559. The van der Waals surface area contributed by atoms with Gasteiger partial charge in [0.05, 0.1) is 6.61 Å². The van der Waals surface area contributed by atoms with Crippen LogP contribution in [0, 0.1) is 0 Å². The maximum absolute atomic E-state index is 12.7. The van der Waals surface area contributed by atoms with E-state index in [0.717, 1.165) is 5.57 Å². The molecule has 2 rings (SSSR count). The molecule has 0 fully saturated rings. The lowest BCUT2D eigenvalue weighted by atomic mass is 9.89. The molecule has 1 aliphatic rings. The Labute approximate surface area is 118 Å². The van der Waals surface area contributed by atoms with Crippen molar-refractivity contribution in [1.82, 2.24) is 0 Å². The topological polar surface area (TPSA) is 52.6 Å². The second-order valence-electron chi connectivity index (χ2n) is 4.84. The standard InChI is InChI=1S/C16H18O4/c1-4-19-14-11(2)10-16(15(14)18,20-12(3)17)13-8-6-5-7-9-13/h5-9H,4,10H2,1-3H3. The van der Waals surface area contributed by atoms with Gasteiger partial charge in [0.2, 0.25) is 11.4 Å². The lowest BCUT2D eigenvalue weighted by Crippen LogP contribution is -2.38. The molecule has 1 unspecified atom stereocenters. The number of esters is 1. The number of carbonyl (C=O) groups is 2. The van der Waals surface area contributed by atoms with Gasteiger partial charge in [-0.25, -0.2) is 0 Å². The maximum Gasteiger partial charge on any atom is 0.303 e. The molecule has 0 radical (unpaired) electrons. The van der Waals surface area contributed by atoms with Crippen molar-refractivity contribution in [2.45, 2.75) is 32.8 Å². The summed E-state index contributed by atoms with van der Waals surface area (Å²) in [6.45, 7) is 5.37. The lowest BCUT2D eigenvalue weighted by Gasteiger charge is -2.27. The Hall–Kier alpha value is -2.10. The van der Waals surface area contributed by atoms with Gasteiger partial charge in [-0.2, -0.15) is 0 Å². The van der Waals surface area contributed by atoms with Gasteiger partial charge < -0.3 is 9.47 Å². The van der Waals surface area contributed by atoms with Crippen LogP contribution >= 0.6 is 0 Å². The Morgan fingerprint density at radius 3 is 2.50 bits per heavy atom. The molecule has 0 bridgehead atoms. The molecule has 1 aromatic carbocycles. The number of benzene rings is 1. The molecule has 1 aromatic rings. The first-order valence-corrected chi connectivity index (χ1v) is 6.63. The zero-order valence-electron chi connectivity index (χ0n) is 11.9. The Morgan fingerprint density at radius 2 is 1.95 bits per heavy atom. The number of ether oxygens (including phenoxy) is 2. The Kier molecular flexibility index (Phi) is 3.93. The summed E-state index contributed by atoms with van der Waals surface area (Å²) < 4.78 is 10.9. The van der Waals surface area contributed by atoms with E-state index < -0.39 is 11.6 Å². The molecule has 0 N–H and O–H groups in total. The summed E-state index contributed by atoms with van der Waals surface area (Å²) in [7, 11) is 0. The second-order valence-corrected chi connectivity index (χ2v) is 4.84. The molecule has 1 atom stereocenters. The van der Waals surface area contributed by atoms with Gasteiger partial charge in [-0.1, -0.05) is 30.3 Å². The smallest absolute Gasteiger partial charge is 0.303 e. The van der Waals surface area contributed by atoms with Crippen LogP contribution in [0.5, 0.6) is 0 Å². The zero-order chi connectivity index (χ0) is 14.8. The van der Waals surface area contributed by atoms with Gasteiger partial charge in [0.15, 0.2) is 5.76 Å². The predicted octanol–water partition coefficient (Wildman–Crippen LogP) is 2.73. The molecule has 1 aliphatic carbocycles. The Morgan fingerprint density at radius 1 is 1.30 bits per heavy atom. The van der Waals surface area contributed by atoms with Crippen LogP contribution in [0.1, 0.15) is 32.8 Å². The molecule has 20 heavy (non-hydrogen) atoms. The molecule has 0 heterocycles. The highest BCUT2D eigenvalue weighted by molar-refractivity contribution is 6.05. The largest absolute Gasteiger partial charge is 0.490 e. The second kappa shape index (κ2) is 5.49. The number of ketones is 1. The molecule has 4 nitrogen and oxygen atoms in total. The number of hydrogen-bond acceptors (Lipinski definition) is 4. The van der Waals surface area contributed by atoms with Crippen molar-refractivity contribution in [3.8, 4) is 0 Å². The summed E-state index contributed by atoms with van der Waals surface area (Å²) >= 11 is 0. The minimum absolute atomic E-state index is 0.279. The average molecular weight is 274 g/mol. The molecule has 4 heteroatoms. The Balaban J connectivity index is 2.47. The number of rotatable bonds is 4. The number of carbonyl (C=O) groups excluding carboxylic acids is 2. The monoisotopic (exact) mass is 274 g/mol. The molecule has 0 spiro atoms. The summed E-state index contributed by atoms with van der Waals surface area (Å²) in [6, 6.07) is 9.09. The third kappa shape index (κ3) is 2.33. The predicted molar refractivity (Wildman–Crippen MR) is 73.8 cm³/mol. The van der Waals surface area contributed by atoms with Gasteiger partial charge in [0.1, 0.15) is 0 Å². The maximum atomic E-state index is 12.7. The van der Waals surface area contributed by atoms with Crippen molar-refractivity contribution < 1.29 is 19.1 Å². The van der Waals surface area contributed by atoms with Crippen molar-refractivity contribution in [2.24, 2.45) is 0 Å². The summed E-state index contributed by atoms with van der Waals surface area (Å²) in [5.74, 6) is -0.441. The van der Waals surface area contributed by atoms with Crippen LogP contribution < -0.4 is 0 Å². The van der Waals surface area contributed by atoms with Crippen molar-refractivity contribution in [1.29, 1.82) is 0 Å². The quantitative estimate of drug-likeness (QED) is 0.792. The fourth-order valence-corrected chi connectivity index (χ4v) is 2.57. The molecule has 0 saturated carbocycles. The van der Waals surface area contributed by atoms with Crippen LogP contribution in [0.15, 0.2) is 41.7 Å². The van der Waals surface area contributed by atoms with Gasteiger partial charge in [0, 0.05) is 18.9 Å². The number of hydrogen-bond donors (Lipinski definition) is 0. The molecule has 0 aromatic heterocycles.